The second-order valence-corrected chi connectivity index (χ2v) is 1.99. The van der Waals surface area contributed by atoms with Crippen molar-refractivity contribution in [1.82, 2.24) is 0 Å². The molecule has 0 aliphatic heterocycles. The number of aromatic hydroxyl groups is 2. The number of hydrogen-bond acceptors (Lipinski definition) is 2. The summed E-state index contributed by atoms with van der Waals surface area (Å²) in [5, 5.41) is 17.6. The minimum absolute atomic E-state index is 0.0602. The summed E-state index contributed by atoms with van der Waals surface area (Å²) in [4.78, 5) is 0. The van der Waals surface area contributed by atoms with Crippen molar-refractivity contribution in [2.75, 3.05) is 0 Å². The molecule has 0 aromatic heterocycles. The van der Waals surface area contributed by atoms with E-state index in [2.05, 4.69) is 0 Å². The van der Waals surface area contributed by atoms with Crippen LogP contribution in [0.5, 0.6) is 11.5 Å². The molecule has 9 heavy (non-hydrogen) atoms. The summed E-state index contributed by atoms with van der Waals surface area (Å²) in [5.41, 5.74) is 0.935. The van der Waals surface area contributed by atoms with Gasteiger partial charge in [-0.3, -0.25) is 0 Å². The van der Waals surface area contributed by atoms with E-state index in [1.165, 1.54) is 12.1 Å². The lowest BCUT2D eigenvalue weighted by Crippen LogP contribution is -1.98. The second kappa shape index (κ2) is 2.01. The Morgan fingerprint density at radius 2 is 1.78 bits per heavy atom. The van der Waals surface area contributed by atoms with Crippen LogP contribution in [0.15, 0.2) is 18.2 Å². The predicted octanol–water partition coefficient (Wildman–Crippen LogP) is -0.644. The fourth-order valence-electron chi connectivity index (χ4n) is 0.633. The number of rotatable bonds is 0. The van der Waals surface area contributed by atoms with E-state index in [0.29, 0.717) is 0 Å². The van der Waals surface area contributed by atoms with E-state index in [1.54, 1.807) is 6.07 Å². The minimum atomic E-state index is -0.0689. The molecule has 2 N–H and O–H groups in total. The fourth-order valence-corrected chi connectivity index (χ4v) is 0.633. The molecule has 0 aliphatic rings. The molecule has 2 nitrogen and oxygen atoms in total. The fraction of sp³-hybridized carbons (Fsp3) is 0. The number of hydrogen-bond donors (Lipinski definition) is 2. The average Bonchev–Trinajstić information content (AvgIpc) is 1.80. The third-order valence-electron chi connectivity index (χ3n) is 1.13. The van der Waals surface area contributed by atoms with Crippen LogP contribution in [0.25, 0.3) is 0 Å². The molecule has 1 aromatic rings. The van der Waals surface area contributed by atoms with Gasteiger partial charge in [0.1, 0.15) is 7.85 Å². The zero-order valence-corrected chi connectivity index (χ0v) is 5.13. The summed E-state index contributed by atoms with van der Waals surface area (Å²) in [6.07, 6.45) is 0. The van der Waals surface area contributed by atoms with Crippen molar-refractivity contribution in [2.24, 2.45) is 0 Å². The lowest BCUT2D eigenvalue weighted by Gasteiger charge is -1.95. The van der Waals surface area contributed by atoms with Gasteiger partial charge in [-0.15, -0.1) is 0 Å². The van der Waals surface area contributed by atoms with E-state index in [0.717, 1.165) is 5.46 Å². The quantitative estimate of drug-likeness (QED) is 0.354. The summed E-state index contributed by atoms with van der Waals surface area (Å²) >= 11 is 0. The van der Waals surface area contributed by atoms with E-state index < -0.39 is 0 Å². The molecule has 0 bridgehead atoms. The van der Waals surface area contributed by atoms with Crippen LogP contribution in [-0.2, 0) is 0 Å². The second-order valence-electron chi connectivity index (χ2n) is 1.99. The van der Waals surface area contributed by atoms with Crippen LogP contribution in [0.4, 0.5) is 0 Å². The van der Waals surface area contributed by atoms with Gasteiger partial charge < -0.3 is 10.2 Å². The highest BCUT2D eigenvalue weighted by molar-refractivity contribution is 6.32. The van der Waals surface area contributed by atoms with E-state index in [4.69, 9.17) is 10.2 Å². The highest BCUT2D eigenvalue weighted by Gasteiger charge is 1.94. The van der Waals surface area contributed by atoms with Gasteiger partial charge in [-0.25, -0.2) is 0 Å². The molecule has 0 amide bonds. The van der Waals surface area contributed by atoms with Crippen LogP contribution in [0.2, 0.25) is 0 Å². The molecule has 0 spiro atoms. The van der Waals surface area contributed by atoms with Crippen molar-refractivity contribution in [1.29, 1.82) is 0 Å². The van der Waals surface area contributed by atoms with Gasteiger partial charge in [-0.2, -0.15) is 0 Å². The summed E-state index contributed by atoms with van der Waals surface area (Å²) in [6, 6.07) is 4.70. The number of benzene rings is 1. The molecule has 1 rings (SSSR count). The molecule has 0 heterocycles. The highest BCUT2D eigenvalue weighted by Crippen LogP contribution is 2.20. The van der Waals surface area contributed by atoms with Gasteiger partial charge in [0, 0.05) is 0 Å². The highest BCUT2D eigenvalue weighted by atomic mass is 16.3. The van der Waals surface area contributed by atoms with Crippen LogP contribution in [0.1, 0.15) is 0 Å². The van der Waals surface area contributed by atoms with Gasteiger partial charge in [-0.05, 0) is 12.1 Å². The van der Waals surface area contributed by atoms with Gasteiger partial charge in [0.15, 0.2) is 11.5 Å². The van der Waals surface area contributed by atoms with Crippen molar-refractivity contribution in [2.45, 2.75) is 0 Å². The molecular weight excluding hydrogens is 115 g/mol. The molecule has 0 aliphatic carbocycles. The van der Waals surface area contributed by atoms with Crippen LogP contribution < -0.4 is 5.46 Å². The Balaban J connectivity index is 3.17. The summed E-state index contributed by atoms with van der Waals surface area (Å²) < 4.78 is 0. The molecule has 3 heteroatoms. The first kappa shape index (κ1) is 6.01. The lowest BCUT2D eigenvalue weighted by atomic mass is 9.96. The van der Waals surface area contributed by atoms with Gasteiger partial charge >= 0.3 is 0 Å². The molecule has 0 saturated heterocycles. The molecule has 46 valence electrons. The molecule has 0 atom stereocenters. The van der Waals surface area contributed by atoms with Crippen molar-refractivity contribution in [3.63, 3.8) is 0 Å². The van der Waals surface area contributed by atoms with Crippen LogP contribution in [-0.4, -0.2) is 18.1 Å². The summed E-state index contributed by atoms with van der Waals surface area (Å²) in [7, 11) is 1.85. The van der Waals surface area contributed by atoms with Crippen LogP contribution >= 0.6 is 0 Å². The molecular formula is C6H7BO2. The van der Waals surface area contributed by atoms with Crippen molar-refractivity contribution in [3.8, 4) is 11.5 Å². The average molecular weight is 122 g/mol. The molecule has 0 unspecified atom stereocenters. The largest absolute Gasteiger partial charge is 0.504 e. The topological polar surface area (TPSA) is 40.5 Å². The lowest BCUT2D eigenvalue weighted by molar-refractivity contribution is 0.404. The van der Waals surface area contributed by atoms with Gasteiger partial charge in [0.05, 0.1) is 0 Å². The maximum Gasteiger partial charge on any atom is 0.157 e. The first-order chi connectivity index (χ1) is 4.20. The normalized spacial score (nSPS) is 9.33. The Kier molecular flexibility index (Phi) is 1.34. The minimum Gasteiger partial charge on any atom is -0.504 e. The molecule has 0 radical (unpaired) electrons. The summed E-state index contributed by atoms with van der Waals surface area (Å²) in [5.74, 6) is -0.129. The van der Waals surface area contributed by atoms with E-state index in [1.807, 2.05) is 7.85 Å². The van der Waals surface area contributed by atoms with Crippen molar-refractivity contribution < 1.29 is 10.2 Å². The zero-order valence-electron chi connectivity index (χ0n) is 5.13. The monoisotopic (exact) mass is 122 g/mol. The predicted molar refractivity (Wildman–Crippen MR) is 37.9 cm³/mol. The Labute approximate surface area is 54.2 Å². The Bertz CT molecular complexity index is 222. The first-order valence-electron chi connectivity index (χ1n) is 2.69. The number of phenols is 2. The van der Waals surface area contributed by atoms with Gasteiger partial charge in [0.25, 0.3) is 0 Å². The van der Waals surface area contributed by atoms with Gasteiger partial charge in [0.2, 0.25) is 0 Å². The molecule has 1 aromatic carbocycles. The Morgan fingerprint density at radius 1 is 1.11 bits per heavy atom. The maximum absolute atomic E-state index is 8.85. The smallest absolute Gasteiger partial charge is 0.157 e. The van der Waals surface area contributed by atoms with E-state index in [-0.39, 0.29) is 11.5 Å². The zero-order chi connectivity index (χ0) is 6.85. The third-order valence-corrected chi connectivity index (χ3v) is 1.13. The Morgan fingerprint density at radius 3 is 2.22 bits per heavy atom. The van der Waals surface area contributed by atoms with Crippen molar-refractivity contribution >= 4 is 13.3 Å². The number of phenolic OH excluding ortho intramolecular Hbond substituents is 2. The Hall–Kier alpha value is -1.12. The summed E-state index contributed by atoms with van der Waals surface area (Å²) in [6.45, 7) is 0. The standard InChI is InChI=1S/C6H7BO2/c7-4-1-2-5(8)6(9)3-4/h1-3,8-9H,7H2. The SMILES string of the molecule is Bc1ccc(O)c(O)c1. The first-order valence-corrected chi connectivity index (χ1v) is 2.69. The van der Waals surface area contributed by atoms with Crippen LogP contribution in [0, 0.1) is 0 Å². The molecule has 0 fully saturated rings. The maximum atomic E-state index is 8.85. The third kappa shape index (κ3) is 1.16. The van der Waals surface area contributed by atoms with E-state index >= 15 is 0 Å². The van der Waals surface area contributed by atoms with E-state index in [9.17, 15) is 0 Å². The van der Waals surface area contributed by atoms with Crippen molar-refractivity contribution in [3.05, 3.63) is 18.2 Å². The van der Waals surface area contributed by atoms with Crippen LogP contribution in [0.3, 0.4) is 0 Å². The molecule has 0 saturated carbocycles. The van der Waals surface area contributed by atoms with Gasteiger partial charge in [-0.1, -0.05) is 11.5 Å².